The number of carboxylic acid groups (broad SMARTS) is 1. The van der Waals surface area contributed by atoms with Gasteiger partial charge in [-0.2, -0.15) is 0 Å². The maximum absolute atomic E-state index is 10.5. The van der Waals surface area contributed by atoms with Gasteiger partial charge in [0.25, 0.3) is 0 Å². The van der Waals surface area contributed by atoms with Gasteiger partial charge in [0, 0.05) is 0 Å². The predicted molar refractivity (Wildman–Crippen MR) is 62.2 cm³/mol. The van der Waals surface area contributed by atoms with Gasteiger partial charge in [-0.15, -0.1) is 0 Å². The van der Waals surface area contributed by atoms with Gasteiger partial charge in [-0.3, -0.25) is 5.32 Å². The molecular weight excluding hydrogens is 230 g/mol. The normalized spacial score (nSPS) is 10.3. The van der Waals surface area contributed by atoms with Crippen LogP contribution in [0.1, 0.15) is 0 Å². The highest BCUT2D eigenvalue weighted by Gasteiger charge is 2.12. The molecule has 1 aromatic carbocycles. The summed E-state index contributed by atoms with van der Waals surface area (Å²) in [7, 11) is 1.52. The second-order valence-electron chi connectivity index (χ2n) is 2.98. The standard InChI is InChI=1S/C9H9N3O3S/c1-15-5-3-2-4(10)7-6(5)11-8(16-7)12-9(13)14/h2-3H,10H2,1H3,(H,11,12)(H,13,14). The molecule has 84 valence electrons. The Morgan fingerprint density at radius 1 is 1.62 bits per heavy atom. The molecule has 0 bridgehead atoms. The second kappa shape index (κ2) is 3.86. The fraction of sp³-hybridized carbons (Fsp3) is 0.111. The van der Waals surface area contributed by atoms with Crippen LogP contribution in [0.4, 0.5) is 15.6 Å². The van der Waals surface area contributed by atoms with E-state index in [0.29, 0.717) is 21.7 Å². The van der Waals surface area contributed by atoms with Crippen molar-refractivity contribution in [3.8, 4) is 5.75 Å². The Labute approximate surface area is 94.7 Å². The Hall–Kier alpha value is -2.02. The summed E-state index contributed by atoms with van der Waals surface area (Å²) in [5.74, 6) is 0.568. The highest BCUT2D eigenvalue weighted by Crippen LogP contribution is 2.36. The predicted octanol–water partition coefficient (Wildman–Crippen LogP) is 1.98. The fourth-order valence-electron chi connectivity index (χ4n) is 1.31. The molecule has 6 nitrogen and oxygen atoms in total. The van der Waals surface area contributed by atoms with E-state index in [1.807, 2.05) is 0 Å². The molecule has 0 unspecified atom stereocenters. The number of nitrogens with one attached hydrogen (secondary N) is 1. The Morgan fingerprint density at radius 3 is 3.00 bits per heavy atom. The van der Waals surface area contributed by atoms with Gasteiger partial charge in [-0.05, 0) is 12.1 Å². The van der Waals surface area contributed by atoms with Crippen molar-refractivity contribution in [2.24, 2.45) is 0 Å². The average Bonchev–Trinajstić information content (AvgIpc) is 2.62. The van der Waals surface area contributed by atoms with Crippen LogP contribution in [-0.2, 0) is 0 Å². The Kier molecular flexibility index (Phi) is 2.53. The highest BCUT2D eigenvalue weighted by molar-refractivity contribution is 7.23. The van der Waals surface area contributed by atoms with Crippen LogP contribution in [0.5, 0.6) is 5.75 Å². The zero-order chi connectivity index (χ0) is 11.7. The molecule has 0 saturated heterocycles. The number of nitrogens with two attached hydrogens (primary N) is 1. The summed E-state index contributed by atoms with van der Waals surface area (Å²) >= 11 is 1.17. The van der Waals surface area contributed by atoms with Crippen molar-refractivity contribution in [3.63, 3.8) is 0 Å². The molecule has 0 aliphatic carbocycles. The molecule has 0 radical (unpaired) electrons. The number of benzene rings is 1. The molecule has 2 rings (SSSR count). The van der Waals surface area contributed by atoms with Gasteiger partial charge in [0.15, 0.2) is 5.13 Å². The van der Waals surface area contributed by atoms with Crippen LogP contribution in [-0.4, -0.2) is 23.3 Å². The molecule has 1 heterocycles. The van der Waals surface area contributed by atoms with E-state index in [1.165, 1.54) is 18.4 Å². The largest absolute Gasteiger partial charge is 0.494 e. The van der Waals surface area contributed by atoms with Crippen LogP contribution in [0.15, 0.2) is 12.1 Å². The van der Waals surface area contributed by atoms with E-state index in [4.69, 9.17) is 15.6 Å². The van der Waals surface area contributed by atoms with Crippen molar-refractivity contribution in [1.82, 2.24) is 4.98 Å². The van der Waals surface area contributed by atoms with Gasteiger partial charge < -0.3 is 15.6 Å². The number of methoxy groups -OCH3 is 1. The minimum atomic E-state index is -1.16. The molecule has 1 amide bonds. The monoisotopic (exact) mass is 239 g/mol. The molecule has 0 aliphatic rings. The van der Waals surface area contributed by atoms with Crippen molar-refractivity contribution in [2.75, 3.05) is 18.2 Å². The number of nitrogen functional groups attached to an aromatic ring is 1. The first-order valence-corrected chi connectivity index (χ1v) is 5.16. The number of thiazole rings is 1. The van der Waals surface area contributed by atoms with Crippen LogP contribution < -0.4 is 15.8 Å². The summed E-state index contributed by atoms with van der Waals surface area (Å²) in [6, 6.07) is 3.39. The summed E-state index contributed by atoms with van der Waals surface area (Å²) in [5, 5.41) is 11.0. The summed E-state index contributed by atoms with van der Waals surface area (Å²) in [5.41, 5.74) is 6.88. The van der Waals surface area contributed by atoms with Crippen LogP contribution >= 0.6 is 11.3 Å². The lowest BCUT2D eigenvalue weighted by molar-refractivity contribution is 0.209. The number of nitrogens with zero attached hydrogens (tertiary/aromatic N) is 1. The highest BCUT2D eigenvalue weighted by atomic mass is 32.1. The quantitative estimate of drug-likeness (QED) is 0.696. The second-order valence-corrected chi connectivity index (χ2v) is 3.98. The molecule has 16 heavy (non-hydrogen) atoms. The van der Waals surface area contributed by atoms with Crippen molar-refractivity contribution < 1.29 is 14.6 Å². The number of rotatable bonds is 2. The molecule has 0 spiro atoms. The number of anilines is 2. The first kappa shape index (κ1) is 10.5. The van der Waals surface area contributed by atoms with Crippen LogP contribution in [0.25, 0.3) is 10.2 Å². The Morgan fingerprint density at radius 2 is 2.38 bits per heavy atom. The SMILES string of the molecule is COc1ccc(N)c2sc(NC(=O)O)nc12. The molecule has 4 N–H and O–H groups in total. The van der Waals surface area contributed by atoms with E-state index in [0.717, 1.165) is 0 Å². The molecule has 7 heteroatoms. The summed E-state index contributed by atoms with van der Waals surface area (Å²) in [4.78, 5) is 14.6. The first-order valence-electron chi connectivity index (χ1n) is 4.34. The summed E-state index contributed by atoms with van der Waals surface area (Å²) in [6.07, 6.45) is -1.16. The maximum Gasteiger partial charge on any atom is 0.410 e. The van der Waals surface area contributed by atoms with Crippen molar-refractivity contribution in [1.29, 1.82) is 0 Å². The van der Waals surface area contributed by atoms with Crippen LogP contribution in [0, 0.1) is 0 Å². The molecular formula is C9H9N3O3S. The molecule has 0 atom stereocenters. The third-order valence-electron chi connectivity index (χ3n) is 1.97. The van der Waals surface area contributed by atoms with E-state index >= 15 is 0 Å². The topological polar surface area (TPSA) is 97.5 Å². The molecule has 2 aromatic rings. The summed E-state index contributed by atoms with van der Waals surface area (Å²) in [6.45, 7) is 0. The zero-order valence-electron chi connectivity index (χ0n) is 8.35. The minimum absolute atomic E-state index is 0.277. The lowest BCUT2D eigenvalue weighted by atomic mass is 10.3. The van der Waals surface area contributed by atoms with Crippen molar-refractivity contribution in [3.05, 3.63) is 12.1 Å². The summed E-state index contributed by atoms with van der Waals surface area (Å²) < 4.78 is 5.83. The van der Waals surface area contributed by atoms with Gasteiger partial charge in [0.1, 0.15) is 11.3 Å². The Bertz CT molecular complexity index is 552. The van der Waals surface area contributed by atoms with Crippen LogP contribution in [0.3, 0.4) is 0 Å². The molecule has 0 fully saturated rings. The number of aromatic nitrogens is 1. The van der Waals surface area contributed by atoms with Gasteiger partial charge in [-0.25, -0.2) is 9.78 Å². The number of fused-ring (bicyclic) bond motifs is 1. The number of ether oxygens (including phenoxy) is 1. The van der Waals surface area contributed by atoms with E-state index in [9.17, 15) is 4.79 Å². The zero-order valence-corrected chi connectivity index (χ0v) is 9.17. The number of hydrogen-bond acceptors (Lipinski definition) is 5. The van der Waals surface area contributed by atoms with Gasteiger partial charge in [0.05, 0.1) is 17.5 Å². The lowest BCUT2D eigenvalue weighted by Crippen LogP contribution is -2.06. The molecule has 0 saturated carbocycles. The van der Waals surface area contributed by atoms with E-state index in [-0.39, 0.29) is 5.13 Å². The van der Waals surface area contributed by atoms with Crippen molar-refractivity contribution in [2.45, 2.75) is 0 Å². The smallest absolute Gasteiger partial charge is 0.410 e. The average molecular weight is 239 g/mol. The maximum atomic E-state index is 10.5. The molecule has 0 aliphatic heterocycles. The number of hydrogen-bond donors (Lipinski definition) is 3. The first-order chi connectivity index (χ1) is 7.61. The van der Waals surface area contributed by atoms with E-state index in [2.05, 4.69) is 10.3 Å². The number of carbonyl (C=O) groups is 1. The third-order valence-corrected chi connectivity index (χ3v) is 2.99. The third kappa shape index (κ3) is 1.72. The fourth-order valence-corrected chi connectivity index (χ4v) is 2.21. The Balaban J connectivity index is 2.58. The van der Waals surface area contributed by atoms with Gasteiger partial charge >= 0.3 is 6.09 Å². The van der Waals surface area contributed by atoms with Crippen LogP contribution in [0.2, 0.25) is 0 Å². The molecule has 1 aromatic heterocycles. The lowest BCUT2D eigenvalue weighted by Gasteiger charge is -2.00. The van der Waals surface area contributed by atoms with Gasteiger partial charge in [-0.1, -0.05) is 11.3 Å². The van der Waals surface area contributed by atoms with Gasteiger partial charge in [0.2, 0.25) is 0 Å². The number of amides is 1. The minimum Gasteiger partial charge on any atom is -0.494 e. The van der Waals surface area contributed by atoms with E-state index in [1.54, 1.807) is 12.1 Å². The van der Waals surface area contributed by atoms with E-state index < -0.39 is 6.09 Å². The van der Waals surface area contributed by atoms with Crippen molar-refractivity contribution >= 4 is 38.5 Å².